The smallest absolute Gasteiger partial charge is 0.237 e. The summed E-state index contributed by atoms with van der Waals surface area (Å²) in [6.07, 6.45) is 3.37. The average Bonchev–Trinajstić information content (AvgIpc) is 2.88. The minimum absolute atomic E-state index is 0. The molecule has 0 aliphatic rings. The van der Waals surface area contributed by atoms with Crippen molar-refractivity contribution in [2.45, 2.75) is 19.9 Å². The fraction of sp³-hybridized carbons (Fsp3) is 0.286. The van der Waals surface area contributed by atoms with Crippen LogP contribution in [0.1, 0.15) is 35.9 Å². The Morgan fingerprint density at radius 3 is 2.68 bits per heavy atom. The van der Waals surface area contributed by atoms with Crippen LogP contribution in [0.4, 0.5) is 0 Å². The summed E-state index contributed by atoms with van der Waals surface area (Å²) in [6.45, 7) is 4.05. The van der Waals surface area contributed by atoms with E-state index in [1.54, 1.807) is 12.5 Å². The Morgan fingerprint density at radius 1 is 1.37 bits per heavy atom. The van der Waals surface area contributed by atoms with Crippen molar-refractivity contribution < 1.29 is 4.79 Å². The van der Waals surface area contributed by atoms with Crippen LogP contribution in [0.2, 0.25) is 0 Å². The normalized spacial score (nSPS) is 11.7. The van der Waals surface area contributed by atoms with E-state index in [1.165, 1.54) is 17.3 Å². The van der Waals surface area contributed by atoms with Gasteiger partial charge in [-0.1, -0.05) is 49.0 Å². The number of rotatable bonds is 4. The van der Waals surface area contributed by atoms with Crippen molar-refractivity contribution in [2.24, 2.45) is 0 Å². The summed E-state index contributed by atoms with van der Waals surface area (Å²) in [5, 5.41) is 0.0813. The summed E-state index contributed by atoms with van der Waals surface area (Å²) in [5.74, 6) is 0.781. The van der Waals surface area contributed by atoms with Gasteiger partial charge in [0.05, 0.1) is 18.6 Å². The van der Waals surface area contributed by atoms with Crippen molar-refractivity contribution in [1.82, 2.24) is 9.55 Å². The van der Waals surface area contributed by atoms with Gasteiger partial charge >= 0.3 is 0 Å². The first kappa shape index (κ1) is 15.8. The SMILES string of the molecule is CCSC(=O)c1cncn1C(C)c1ccccc1.Cl. The topological polar surface area (TPSA) is 34.9 Å². The molecule has 102 valence electrons. The Bertz CT molecular complexity index is 527. The largest absolute Gasteiger partial charge is 0.320 e. The second-order valence-electron chi connectivity index (χ2n) is 3.99. The molecular weight excluding hydrogens is 280 g/mol. The molecule has 0 saturated carbocycles. The van der Waals surface area contributed by atoms with E-state index in [1.807, 2.05) is 29.7 Å². The number of carbonyl (C=O) groups excluding carboxylic acids is 1. The van der Waals surface area contributed by atoms with E-state index in [0.717, 1.165) is 5.75 Å². The Hall–Kier alpha value is -1.26. The number of benzene rings is 1. The molecule has 0 bridgehead atoms. The highest BCUT2D eigenvalue weighted by atomic mass is 35.5. The summed E-state index contributed by atoms with van der Waals surface area (Å²) in [5.41, 5.74) is 1.84. The highest BCUT2D eigenvalue weighted by Gasteiger charge is 2.16. The maximum atomic E-state index is 12.0. The molecule has 0 fully saturated rings. The van der Waals surface area contributed by atoms with E-state index >= 15 is 0 Å². The second-order valence-corrected chi connectivity index (χ2v) is 5.23. The third kappa shape index (κ3) is 3.61. The summed E-state index contributed by atoms with van der Waals surface area (Å²) < 4.78 is 1.93. The molecule has 3 nitrogen and oxygen atoms in total. The van der Waals surface area contributed by atoms with Gasteiger partial charge in [0.1, 0.15) is 5.69 Å². The number of hydrogen-bond acceptors (Lipinski definition) is 3. The van der Waals surface area contributed by atoms with Gasteiger partial charge in [0.2, 0.25) is 5.12 Å². The summed E-state index contributed by atoms with van der Waals surface area (Å²) in [7, 11) is 0. The number of hydrogen-bond donors (Lipinski definition) is 0. The van der Waals surface area contributed by atoms with Crippen molar-refractivity contribution in [3.8, 4) is 0 Å². The van der Waals surface area contributed by atoms with Crippen LogP contribution in [0.3, 0.4) is 0 Å². The molecule has 2 rings (SSSR count). The van der Waals surface area contributed by atoms with Crippen LogP contribution in [0.5, 0.6) is 0 Å². The fourth-order valence-corrected chi connectivity index (χ4v) is 2.44. The summed E-state index contributed by atoms with van der Waals surface area (Å²) in [4.78, 5) is 16.1. The monoisotopic (exact) mass is 296 g/mol. The number of imidazole rings is 1. The predicted octanol–water partition coefficient (Wildman–Crippen LogP) is 3.81. The lowest BCUT2D eigenvalue weighted by Gasteiger charge is -2.16. The lowest BCUT2D eigenvalue weighted by Crippen LogP contribution is -2.11. The number of carbonyl (C=O) groups is 1. The van der Waals surface area contributed by atoms with Gasteiger partial charge in [-0.15, -0.1) is 12.4 Å². The lowest BCUT2D eigenvalue weighted by atomic mass is 10.1. The minimum Gasteiger partial charge on any atom is -0.320 e. The highest BCUT2D eigenvalue weighted by molar-refractivity contribution is 8.14. The van der Waals surface area contributed by atoms with E-state index in [4.69, 9.17) is 0 Å². The molecule has 0 saturated heterocycles. The molecule has 5 heteroatoms. The molecule has 2 aromatic rings. The molecule has 0 aliphatic carbocycles. The molecule has 0 radical (unpaired) electrons. The molecule has 1 aromatic carbocycles. The van der Waals surface area contributed by atoms with Gasteiger partial charge in [0.15, 0.2) is 0 Å². The highest BCUT2D eigenvalue weighted by Crippen LogP contribution is 2.21. The van der Waals surface area contributed by atoms with Gasteiger partial charge in [0.25, 0.3) is 0 Å². The lowest BCUT2D eigenvalue weighted by molar-refractivity contribution is 0.108. The molecule has 1 unspecified atom stereocenters. The molecule has 0 amide bonds. The zero-order valence-electron chi connectivity index (χ0n) is 10.9. The van der Waals surface area contributed by atoms with Gasteiger partial charge in [0, 0.05) is 0 Å². The Kier molecular flexibility index (Phi) is 6.12. The van der Waals surface area contributed by atoms with E-state index in [-0.39, 0.29) is 23.6 Å². The van der Waals surface area contributed by atoms with Crippen LogP contribution < -0.4 is 0 Å². The van der Waals surface area contributed by atoms with Crippen LogP contribution in [-0.4, -0.2) is 20.4 Å². The van der Waals surface area contributed by atoms with Crippen LogP contribution in [0.15, 0.2) is 42.9 Å². The van der Waals surface area contributed by atoms with Gasteiger partial charge in [-0.2, -0.15) is 0 Å². The number of nitrogens with zero attached hydrogens (tertiary/aromatic N) is 2. The van der Waals surface area contributed by atoms with Gasteiger partial charge in [-0.25, -0.2) is 4.98 Å². The number of halogens is 1. The maximum Gasteiger partial charge on any atom is 0.237 e. The van der Waals surface area contributed by atoms with Crippen LogP contribution in [0, 0.1) is 0 Å². The third-order valence-electron chi connectivity index (χ3n) is 2.85. The average molecular weight is 297 g/mol. The first-order valence-corrected chi connectivity index (χ1v) is 6.96. The van der Waals surface area contributed by atoms with Gasteiger partial charge < -0.3 is 4.57 Å². The Labute approximate surface area is 123 Å². The standard InChI is InChI=1S/C14H16N2OS.ClH/c1-3-18-14(17)13-9-15-10-16(13)11(2)12-7-5-4-6-8-12;/h4-11H,3H2,1-2H3;1H. The third-order valence-corrected chi connectivity index (χ3v) is 3.61. The molecule has 1 aromatic heterocycles. The van der Waals surface area contributed by atoms with Crippen molar-refractivity contribution in [3.63, 3.8) is 0 Å². The molecule has 1 atom stereocenters. The number of aromatic nitrogens is 2. The molecule has 0 N–H and O–H groups in total. The zero-order valence-corrected chi connectivity index (χ0v) is 12.6. The van der Waals surface area contributed by atoms with Crippen molar-refractivity contribution >= 4 is 29.3 Å². The van der Waals surface area contributed by atoms with Crippen LogP contribution >= 0.6 is 24.2 Å². The van der Waals surface area contributed by atoms with E-state index in [0.29, 0.717) is 5.69 Å². The fourth-order valence-electron chi connectivity index (χ4n) is 1.87. The van der Waals surface area contributed by atoms with Crippen LogP contribution in [-0.2, 0) is 0 Å². The quantitative estimate of drug-likeness (QED) is 0.860. The van der Waals surface area contributed by atoms with E-state index < -0.39 is 0 Å². The van der Waals surface area contributed by atoms with Crippen molar-refractivity contribution in [2.75, 3.05) is 5.75 Å². The molecule has 0 spiro atoms. The zero-order chi connectivity index (χ0) is 13.0. The molecule has 19 heavy (non-hydrogen) atoms. The molecule has 1 heterocycles. The maximum absolute atomic E-state index is 12.0. The Morgan fingerprint density at radius 2 is 2.05 bits per heavy atom. The Balaban J connectivity index is 0.00000180. The second kappa shape index (κ2) is 7.36. The van der Waals surface area contributed by atoms with Crippen LogP contribution in [0.25, 0.3) is 0 Å². The molecule has 0 aliphatic heterocycles. The first-order valence-electron chi connectivity index (χ1n) is 5.98. The van der Waals surface area contributed by atoms with Crippen molar-refractivity contribution in [3.05, 3.63) is 54.1 Å². The first-order chi connectivity index (χ1) is 8.74. The number of thioether (sulfide) groups is 1. The van der Waals surface area contributed by atoms with Crippen molar-refractivity contribution in [1.29, 1.82) is 0 Å². The van der Waals surface area contributed by atoms with E-state index in [9.17, 15) is 4.79 Å². The van der Waals surface area contributed by atoms with E-state index in [2.05, 4.69) is 24.0 Å². The predicted molar refractivity (Wildman–Crippen MR) is 82.2 cm³/mol. The van der Waals surface area contributed by atoms with Gasteiger partial charge in [-0.05, 0) is 18.2 Å². The summed E-state index contributed by atoms with van der Waals surface area (Å²) in [6, 6.07) is 10.2. The van der Waals surface area contributed by atoms with Gasteiger partial charge in [-0.3, -0.25) is 4.79 Å². The summed E-state index contributed by atoms with van der Waals surface area (Å²) >= 11 is 1.32. The molecular formula is C14H17ClN2OS. The minimum atomic E-state index is 0.